The van der Waals surface area contributed by atoms with Gasteiger partial charge in [-0.15, -0.1) is 0 Å². The molecule has 10 heteroatoms. The Bertz CT molecular complexity index is 547. The molecule has 196 valence electrons. The maximum absolute atomic E-state index is 11.8. The predicted octanol–water partition coefficient (Wildman–Crippen LogP) is 4.64. The van der Waals surface area contributed by atoms with Gasteiger partial charge in [-0.05, 0) is 12.8 Å². The summed E-state index contributed by atoms with van der Waals surface area (Å²) in [4.78, 5) is 32.8. The number of rotatable bonds is 23. The molecule has 0 spiro atoms. The molecule has 2 unspecified atom stereocenters. The van der Waals surface area contributed by atoms with Gasteiger partial charge in [0.25, 0.3) is 0 Å². The number of carbonyl (C=O) groups is 2. The van der Waals surface area contributed by atoms with Crippen molar-refractivity contribution >= 4 is 19.7 Å². The van der Waals surface area contributed by atoms with Crippen molar-refractivity contribution in [3.05, 3.63) is 0 Å². The van der Waals surface area contributed by atoms with E-state index < -0.39 is 26.5 Å². The summed E-state index contributed by atoms with van der Waals surface area (Å²) in [5.41, 5.74) is 0. The van der Waals surface area contributed by atoms with Crippen LogP contribution in [0.5, 0.6) is 0 Å². The number of esters is 1. The summed E-state index contributed by atoms with van der Waals surface area (Å²) >= 11 is 0. The quantitative estimate of drug-likeness (QED) is 0.106. The molecule has 0 aliphatic carbocycles. The number of hydrogen-bond acceptors (Lipinski definition) is 7. The molecule has 0 rings (SSSR count). The Balaban J connectivity index is 3.65. The first kappa shape index (κ1) is 32.0. The van der Waals surface area contributed by atoms with Crippen molar-refractivity contribution in [2.75, 3.05) is 26.4 Å². The van der Waals surface area contributed by atoms with Crippen LogP contribution in [0.4, 0.5) is 0 Å². The Hall–Kier alpha value is -0.990. The van der Waals surface area contributed by atoms with Crippen molar-refractivity contribution in [2.24, 2.45) is 0 Å². The fourth-order valence-electron chi connectivity index (χ4n) is 3.06. The van der Waals surface area contributed by atoms with Gasteiger partial charge in [-0.3, -0.25) is 18.6 Å². The second kappa shape index (κ2) is 21.5. The summed E-state index contributed by atoms with van der Waals surface area (Å²) < 4.78 is 26.1. The lowest BCUT2D eigenvalue weighted by Crippen LogP contribution is -2.27. The minimum Gasteiger partial charge on any atom is -0.463 e. The maximum Gasteiger partial charge on any atom is 0.472 e. The van der Waals surface area contributed by atoms with Crippen LogP contribution in [-0.2, 0) is 27.9 Å². The van der Waals surface area contributed by atoms with Crippen molar-refractivity contribution in [3.8, 4) is 0 Å². The Labute approximate surface area is 199 Å². The zero-order valence-corrected chi connectivity index (χ0v) is 21.5. The topological polar surface area (TPSA) is 131 Å². The van der Waals surface area contributed by atoms with Crippen LogP contribution < -0.4 is 5.32 Å². The number of phosphoric ester groups is 1. The van der Waals surface area contributed by atoms with E-state index in [-0.39, 0.29) is 32.1 Å². The van der Waals surface area contributed by atoms with E-state index in [4.69, 9.17) is 9.26 Å². The minimum atomic E-state index is -4.37. The van der Waals surface area contributed by atoms with E-state index in [1.807, 2.05) is 6.92 Å². The smallest absolute Gasteiger partial charge is 0.463 e. The molecule has 0 heterocycles. The zero-order chi connectivity index (χ0) is 24.8. The van der Waals surface area contributed by atoms with Crippen molar-refractivity contribution in [2.45, 2.75) is 110 Å². The van der Waals surface area contributed by atoms with E-state index in [9.17, 15) is 24.2 Å². The molecule has 1 amide bonds. The van der Waals surface area contributed by atoms with Gasteiger partial charge >= 0.3 is 13.8 Å². The number of hydrogen-bond donors (Lipinski definition) is 3. The monoisotopic (exact) mass is 495 g/mol. The summed E-state index contributed by atoms with van der Waals surface area (Å²) in [5.74, 6) is -0.556. The molecular formula is C23H46NO8P. The zero-order valence-electron chi connectivity index (χ0n) is 20.6. The van der Waals surface area contributed by atoms with Gasteiger partial charge in [-0.2, -0.15) is 0 Å². The molecule has 0 aromatic rings. The van der Waals surface area contributed by atoms with Crippen LogP contribution in [-0.4, -0.2) is 54.3 Å². The van der Waals surface area contributed by atoms with Crippen molar-refractivity contribution < 1.29 is 37.9 Å². The van der Waals surface area contributed by atoms with Crippen LogP contribution in [0.25, 0.3) is 0 Å². The van der Waals surface area contributed by atoms with E-state index in [0.29, 0.717) is 12.8 Å². The first-order chi connectivity index (χ1) is 15.8. The number of phosphoric acid groups is 1. The summed E-state index contributed by atoms with van der Waals surface area (Å²) in [5, 5.41) is 12.3. The van der Waals surface area contributed by atoms with Crippen molar-refractivity contribution in [3.63, 3.8) is 0 Å². The van der Waals surface area contributed by atoms with Gasteiger partial charge in [0.15, 0.2) is 0 Å². The molecule has 0 aromatic heterocycles. The van der Waals surface area contributed by atoms with Gasteiger partial charge < -0.3 is 20.1 Å². The van der Waals surface area contributed by atoms with Gasteiger partial charge in [0, 0.05) is 19.4 Å². The number of ether oxygens (including phenoxy) is 1. The number of unbranched alkanes of at least 4 members (excludes halogenated alkanes) is 10. The molecule has 9 nitrogen and oxygen atoms in total. The fraction of sp³-hybridized carbons (Fsp3) is 0.913. The van der Waals surface area contributed by atoms with Gasteiger partial charge in [-0.1, -0.05) is 78.1 Å². The van der Waals surface area contributed by atoms with E-state index in [0.717, 1.165) is 25.7 Å². The van der Waals surface area contributed by atoms with Crippen LogP contribution in [0.3, 0.4) is 0 Å². The Kier molecular flexibility index (Phi) is 20.9. The highest BCUT2D eigenvalue weighted by molar-refractivity contribution is 7.47. The minimum absolute atomic E-state index is 0.0854. The third-order valence-electron chi connectivity index (χ3n) is 5.04. The van der Waals surface area contributed by atoms with Crippen molar-refractivity contribution in [1.82, 2.24) is 5.32 Å². The molecule has 0 fully saturated rings. The van der Waals surface area contributed by atoms with Crippen molar-refractivity contribution in [1.29, 1.82) is 0 Å². The molecule has 0 radical (unpaired) electrons. The lowest BCUT2D eigenvalue weighted by molar-refractivity contribution is -0.147. The molecule has 3 N–H and O–H groups in total. The highest BCUT2D eigenvalue weighted by Crippen LogP contribution is 2.42. The number of carbonyl (C=O) groups excluding carboxylic acids is 2. The summed E-state index contributed by atoms with van der Waals surface area (Å²) in [6.45, 7) is 3.22. The average molecular weight is 496 g/mol. The lowest BCUT2D eigenvalue weighted by Gasteiger charge is -2.15. The average Bonchev–Trinajstić information content (AvgIpc) is 2.79. The summed E-state index contributed by atoms with van der Waals surface area (Å²) in [6, 6.07) is 0. The second-order valence-electron chi connectivity index (χ2n) is 8.32. The van der Waals surface area contributed by atoms with E-state index in [1.54, 1.807) is 0 Å². The summed E-state index contributed by atoms with van der Waals surface area (Å²) in [6.07, 6.45) is 13.0. The van der Waals surface area contributed by atoms with Crippen LogP contribution >= 0.6 is 7.82 Å². The van der Waals surface area contributed by atoms with Gasteiger partial charge in [0.05, 0.1) is 13.2 Å². The Morgan fingerprint density at radius 2 is 1.39 bits per heavy atom. The first-order valence-corrected chi connectivity index (χ1v) is 14.0. The first-order valence-electron chi connectivity index (χ1n) is 12.5. The van der Waals surface area contributed by atoms with Crippen LogP contribution in [0.2, 0.25) is 0 Å². The fourth-order valence-corrected chi connectivity index (χ4v) is 3.82. The lowest BCUT2D eigenvalue weighted by atomic mass is 10.1. The number of aliphatic hydroxyl groups excluding tert-OH is 1. The Morgan fingerprint density at radius 1 is 0.818 bits per heavy atom. The molecule has 0 bridgehead atoms. The molecule has 2 atom stereocenters. The highest BCUT2D eigenvalue weighted by atomic mass is 31.2. The molecule has 0 aromatic carbocycles. The summed E-state index contributed by atoms with van der Waals surface area (Å²) in [7, 11) is -4.37. The van der Waals surface area contributed by atoms with Crippen LogP contribution in [0.1, 0.15) is 104 Å². The second-order valence-corrected chi connectivity index (χ2v) is 9.77. The number of amides is 1. The van der Waals surface area contributed by atoms with Gasteiger partial charge in [0.2, 0.25) is 5.91 Å². The standard InChI is InChI=1S/C23H46NO8P/c1-3-5-7-8-9-10-11-12-13-14-15-22(26)24-17-18-31-33(28,29)32-20-21(25)19-30-23(27)16-6-4-2/h21,25H,3-20H2,1-2H3,(H,24,26)(H,28,29). The van der Waals surface area contributed by atoms with E-state index in [1.165, 1.54) is 44.9 Å². The van der Waals surface area contributed by atoms with Crippen LogP contribution in [0.15, 0.2) is 0 Å². The molecule has 0 aliphatic rings. The van der Waals surface area contributed by atoms with Gasteiger partial charge in [-0.25, -0.2) is 4.57 Å². The third kappa shape index (κ3) is 22.6. The molecule has 0 aliphatic heterocycles. The highest BCUT2D eigenvalue weighted by Gasteiger charge is 2.23. The third-order valence-corrected chi connectivity index (χ3v) is 6.02. The maximum atomic E-state index is 11.8. The molecule has 33 heavy (non-hydrogen) atoms. The van der Waals surface area contributed by atoms with E-state index in [2.05, 4.69) is 16.8 Å². The molecule has 0 saturated heterocycles. The normalized spacial score (nSPS) is 13.9. The Morgan fingerprint density at radius 3 is 2.00 bits per heavy atom. The SMILES string of the molecule is CCCCCCCCCCCCC(=O)NCCOP(=O)(O)OCC(O)COC(=O)CCCC. The largest absolute Gasteiger partial charge is 0.472 e. The number of aliphatic hydroxyl groups is 1. The molecule has 0 saturated carbocycles. The predicted molar refractivity (Wildman–Crippen MR) is 128 cm³/mol. The van der Waals surface area contributed by atoms with E-state index >= 15 is 0 Å². The number of nitrogens with one attached hydrogen (secondary N) is 1. The van der Waals surface area contributed by atoms with Crippen LogP contribution in [0, 0.1) is 0 Å². The van der Waals surface area contributed by atoms with Gasteiger partial charge in [0.1, 0.15) is 12.7 Å². The molecular weight excluding hydrogens is 449 g/mol.